The minimum Gasteiger partial charge on any atom is -0.481 e. The maximum atomic E-state index is 12.2. The number of hydrogen-bond acceptors (Lipinski definition) is 3. The average molecular weight is 261 g/mol. The van der Waals surface area contributed by atoms with Crippen molar-refractivity contribution in [2.45, 2.75) is 38.8 Å². The quantitative estimate of drug-likeness (QED) is 0.576. The molecule has 2 aliphatic heterocycles. The minimum atomic E-state index is -0.644. The van der Waals surface area contributed by atoms with Gasteiger partial charge in [0.25, 0.3) is 5.91 Å². The molecule has 0 N–H and O–H groups in total. The van der Waals surface area contributed by atoms with E-state index in [2.05, 4.69) is 0 Å². The van der Waals surface area contributed by atoms with Gasteiger partial charge in [0, 0.05) is 19.5 Å². The molecule has 2 atom stereocenters. The topological polar surface area (TPSA) is 46.6 Å². The number of hydrogen-bond donors (Lipinski definition) is 0. The van der Waals surface area contributed by atoms with Crippen LogP contribution in [0.4, 0.5) is 0 Å². The first-order chi connectivity index (χ1) is 9.06. The molecule has 2 aliphatic rings. The van der Waals surface area contributed by atoms with E-state index < -0.39 is 6.10 Å². The normalized spacial score (nSPS) is 27.6. The van der Waals surface area contributed by atoms with Crippen LogP contribution >= 0.6 is 0 Å². The molecule has 0 radical (unpaired) electrons. The Labute approximate surface area is 113 Å². The summed E-state index contributed by atoms with van der Waals surface area (Å²) in [6.07, 6.45) is 8.27. The Morgan fingerprint density at radius 1 is 1.37 bits per heavy atom. The van der Waals surface area contributed by atoms with Crippen molar-refractivity contribution in [1.29, 1.82) is 0 Å². The molecule has 2 unspecified atom stereocenters. The Bertz CT molecular complexity index is 488. The molecular formula is C15H19NO3. The maximum Gasteiger partial charge on any atom is 0.261 e. The molecule has 1 amide bonds. The first-order valence-electron chi connectivity index (χ1n) is 6.60. The van der Waals surface area contributed by atoms with Gasteiger partial charge in [-0.25, -0.2) is 0 Å². The highest BCUT2D eigenvalue weighted by atomic mass is 16.5. The number of rotatable bonds is 3. The molecule has 0 aromatic heterocycles. The molecule has 0 bridgehead atoms. The summed E-state index contributed by atoms with van der Waals surface area (Å²) in [5, 5.41) is 0. The molecule has 2 rings (SSSR count). The van der Waals surface area contributed by atoms with Gasteiger partial charge in [0.15, 0.2) is 6.10 Å². The standard InChI is InChI=1S/C15H19NO3/c1-4-5-6-7-8-11-14(17)13-12(19-11)9-10(2)16(3)15(13)18/h5-8,10-11H,4,9H2,1-3H3/b6-5+,8-7+. The van der Waals surface area contributed by atoms with E-state index in [0.29, 0.717) is 12.2 Å². The molecule has 0 aromatic rings. The zero-order chi connectivity index (χ0) is 14.0. The van der Waals surface area contributed by atoms with E-state index in [9.17, 15) is 9.59 Å². The summed E-state index contributed by atoms with van der Waals surface area (Å²) in [6, 6.07) is 0.0711. The van der Waals surface area contributed by atoms with Crippen LogP contribution in [0.5, 0.6) is 0 Å². The molecule has 102 valence electrons. The van der Waals surface area contributed by atoms with Gasteiger partial charge in [0.1, 0.15) is 11.3 Å². The highest BCUT2D eigenvalue weighted by Crippen LogP contribution is 2.32. The molecular weight excluding hydrogens is 242 g/mol. The van der Waals surface area contributed by atoms with Gasteiger partial charge in [-0.05, 0) is 19.4 Å². The van der Waals surface area contributed by atoms with Crippen molar-refractivity contribution < 1.29 is 14.3 Å². The van der Waals surface area contributed by atoms with Gasteiger partial charge >= 0.3 is 0 Å². The highest BCUT2D eigenvalue weighted by molar-refractivity contribution is 6.23. The summed E-state index contributed by atoms with van der Waals surface area (Å²) in [6.45, 7) is 3.99. The summed E-state index contributed by atoms with van der Waals surface area (Å²) >= 11 is 0. The summed E-state index contributed by atoms with van der Waals surface area (Å²) < 4.78 is 5.61. The van der Waals surface area contributed by atoms with Crippen LogP contribution < -0.4 is 0 Å². The molecule has 0 aliphatic carbocycles. The summed E-state index contributed by atoms with van der Waals surface area (Å²) in [4.78, 5) is 25.8. The lowest BCUT2D eigenvalue weighted by molar-refractivity contribution is -0.130. The van der Waals surface area contributed by atoms with E-state index in [0.717, 1.165) is 6.42 Å². The second-order valence-electron chi connectivity index (χ2n) is 4.89. The van der Waals surface area contributed by atoms with Crippen molar-refractivity contribution >= 4 is 11.7 Å². The van der Waals surface area contributed by atoms with Crippen LogP contribution in [0, 0.1) is 0 Å². The van der Waals surface area contributed by atoms with Crippen molar-refractivity contribution in [2.24, 2.45) is 0 Å². The van der Waals surface area contributed by atoms with Crippen LogP contribution in [0.1, 0.15) is 26.7 Å². The number of allylic oxidation sites excluding steroid dienone is 3. The van der Waals surface area contributed by atoms with E-state index in [4.69, 9.17) is 4.74 Å². The van der Waals surface area contributed by atoms with Crippen LogP contribution in [-0.4, -0.2) is 35.8 Å². The van der Waals surface area contributed by atoms with Gasteiger partial charge in [-0.1, -0.05) is 25.2 Å². The van der Waals surface area contributed by atoms with Gasteiger partial charge in [0.05, 0.1) is 0 Å². The molecule has 19 heavy (non-hydrogen) atoms. The molecule has 0 saturated heterocycles. The molecule has 2 heterocycles. The maximum absolute atomic E-state index is 12.2. The van der Waals surface area contributed by atoms with Gasteiger partial charge in [-0.2, -0.15) is 0 Å². The highest BCUT2D eigenvalue weighted by Gasteiger charge is 2.43. The average Bonchev–Trinajstić information content (AvgIpc) is 2.69. The van der Waals surface area contributed by atoms with Crippen LogP contribution in [0.15, 0.2) is 35.6 Å². The number of carbonyl (C=O) groups excluding carboxylic acids is 2. The molecule has 0 spiro atoms. The van der Waals surface area contributed by atoms with E-state index in [1.807, 2.05) is 26.0 Å². The van der Waals surface area contributed by atoms with Crippen molar-refractivity contribution in [3.8, 4) is 0 Å². The number of Topliss-reactive ketones (excluding diaryl/α,β-unsaturated/α-hetero) is 1. The molecule has 0 fully saturated rings. The second-order valence-corrected chi connectivity index (χ2v) is 4.89. The summed E-state index contributed by atoms with van der Waals surface area (Å²) in [5.74, 6) is 0.105. The number of nitrogens with zero attached hydrogens (tertiary/aromatic N) is 1. The first-order valence-corrected chi connectivity index (χ1v) is 6.60. The van der Waals surface area contributed by atoms with E-state index in [1.54, 1.807) is 24.1 Å². The third kappa shape index (κ3) is 2.48. The molecule has 0 saturated carbocycles. The van der Waals surface area contributed by atoms with Gasteiger partial charge in [0.2, 0.25) is 5.78 Å². The Kier molecular flexibility index (Phi) is 3.88. The molecule has 4 heteroatoms. The lowest BCUT2D eigenvalue weighted by Crippen LogP contribution is -2.41. The lowest BCUT2D eigenvalue weighted by atomic mass is 9.99. The number of ketones is 1. The van der Waals surface area contributed by atoms with Gasteiger partial charge in [-0.3, -0.25) is 9.59 Å². The number of ether oxygens (including phenoxy) is 1. The smallest absolute Gasteiger partial charge is 0.261 e. The van der Waals surface area contributed by atoms with E-state index in [1.165, 1.54) is 0 Å². The van der Waals surface area contributed by atoms with Crippen LogP contribution in [0.25, 0.3) is 0 Å². The van der Waals surface area contributed by atoms with Crippen LogP contribution in [-0.2, 0) is 14.3 Å². The third-order valence-corrected chi connectivity index (χ3v) is 3.50. The Balaban J connectivity index is 2.14. The van der Waals surface area contributed by atoms with Crippen molar-refractivity contribution in [3.05, 3.63) is 35.6 Å². The largest absolute Gasteiger partial charge is 0.481 e. The predicted octanol–water partition coefficient (Wildman–Crippen LogP) is 1.98. The number of amides is 1. The van der Waals surface area contributed by atoms with E-state index >= 15 is 0 Å². The molecule has 4 nitrogen and oxygen atoms in total. The zero-order valence-corrected chi connectivity index (χ0v) is 11.6. The van der Waals surface area contributed by atoms with Gasteiger partial charge in [-0.15, -0.1) is 0 Å². The predicted molar refractivity (Wildman–Crippen MR) is 72.3 cm³/mol. The van der Waals surface area contributed by atoms with Gasteiger partial charge < -0.3 is 9.64 Å². The fourth-order valence-corrected chi connectivity index (χ4v) is 2.21. The minimum absolute atomic E-state index is 0.0711. The Morgan fingerprint density at radius 2 is 2.11 bits per heavy atom. The Hall–Kier alpha value is -1.84. The fourth-order valence-electron chi connectivity index (χ4n) is 2.21. The zero-order valence-electron chi connectivity index (χ0n) is 11.6. The summed E-state index contributed by atoms with van der Waals surface area (Å²) in [7, 11) is 1.72. The fraction of sp³-hybridized carbons (Fsp3) is 0.467. The van der Waals surface area contributed by atoms with Crippen molar-refractivity contribution in [3.63, 3.8) is 0 Å². The Morgan fingerprint density at radius 3 is 2.79 bits per heavy atom. The van der Waals surface area contributed by atoms with Crippen molar-refractivity contribution in [2.75, 3.05) is 7.05 Å². The van der Waals surface area contributed by atoms with E-state index in [-0.39, 0.29) is 23.3 Å². The van der Waals surface area contributed by atoms with Crippen molar-refractivity contribution in [1.82, 2.24) is 4.90 Å². The number of likely N-dealkylation sites (N-methyl/N-ethyl adjacent to an activating group) is 1. The summed E-state index contributed by atoms with van der Waals surface area (Å²) in [5.41, 5.74) is 0.231. The second kappa shape index (κ2) is 5.43. The SMILES string of the molecule is CC/C=C/C=C/C1OC2=C(C1=O)C(=O)N(C)C(C)C2. The monoisotopic (exact) mass is 261 g/mol. The lowest BCUT2D eigenvalue weighted by Gasteiger charge is -2.29. The third-order valence-electron chi connectivity index (χ3n) is 3.50. The number of carbonyl (C=O) groups is 2. The first kappa shape index (κ1) is 13.6. The van der Waals surface area contributed by atoms with Crippen LogP contribution in [0.3, 0.4) is 0 Å². The van der Waals surface area contributed by atoms with Crippen LogP contribution in [0.2, 0.25) is 0 Å². The molecule has 0 aromatic carbocycles.